The average Bonchev–Trinajstić information content (AvgIpc) is 2.89. The van der Waals surface area contributed by atoms with Gasteiger partial charge in [-0.05, 0) is 43.7 Å². The molecule has 1 nitrogen and oxygen atoms in total. The van der Waals surface area contributed by atoms with Gasteiger partial charge >= 0.3 is 0 Å². The normalized spacial score (nSPS) is 11.7. The minimum absolute atomic E-state index is 0.180. The Hall–Kier alpha value is -1.12. The van der Waals surface area contributed by atoms with Crippen LogP contribution in [0, 0.1) is 0 Å². The van der Waals surface area contributed by atoms with Crippen LogP contribution in [0.25, 0.3) is 0 Å². The molecular weight excluding hydrogens is 238 g/mol. The van der Waals surface area contributed by atoms with Gasteiger partial charge < -0.3 is 5.32 Å². The average molecular weight is 259 g/mol. The summed E-state index contributed by atoms with van der Waals surface area (Å²) in [6.07, 6.45) is 2.29. The number of aryl methyl sites for hydroxylation is 1. The van der Waals surface area contributed by atoms with Crippen molar-refractivity contribution in [2.24, 2.45) is 0 Å². The molecule has 18 heavy (non-hydrogen) atoms. The van der Waals surface area contributed by atoms with Crippen molar-refractivity contribution in [3.8, 4) is 0 Å². The van der Waals surface area contributed by atoms with Crippen LogP contribution in [0.5, 0.6) is 0 Å². The zero-order valence-corrected chi connectivity index (χ0v) is 12.0. The van der Waals surface area contributed by atoms with Crippen molar-refractivity contribution in [1.29, 1.82) is 0 Å². The predicted octanol–water partition coefficient (Wildman–Crippen LogP) is 4.25. The predicted molar refractivity (Wildman–Crippen MR) is 80.0 cm³/mol. The first-order chi connectivity index (χ1) is 8.66. The van der Waals surface area contributed by atoms with Gasteiger partial charge in [0.05, 0.1) is 0 Å². The molecule has 1 heterocycles. The van der Waals surface area contributed by atoms with E-state index in [0.717, 1.165) is 19.4 Å². The molecule has 2 heteroatoms. The lowest BCUT2D eigenvalue weighted by Crippen LogP contribution is -2.38. The Kier molecular flexibility index (Phi) is 4.56. The first-order valence-electron chi connectivity index (χ1n) is 6.47. The van der Waals surface area contributed by atoms with E-state index in [1.165, 1.54) is 10.4 Å². The van der Waals surface area contributed by atoms with Crippen molar-refractivity contribution in [3.05, 3.63) is 58.3 Å². The molecule has 1 aromatic heterocycles. The van der Waals surface area contributed by atoms with Gasteiger partial charge in [0.25, 0.3) is 0 Å². The summed E-state index contributed by atoms with van der Waals surface area (Å²) < 4.78 is 0. The summed E-state index contributed by atoms with van der Waals surface area (Å²) in [7, 11) is 0. The van der Waals surface area contributed by atoms with E-state index in [0.29, 0.717) is 0 Å². The number of nitrogens with one attached hydrogen (secondary N) is 1. The highest BCUT2D eigenvalue weighted by molar-refractivity contribution is 7.09. The molecule has 0 radical (unpaired) electrons. The SMILES string of the molecule is CC(C)(CCc1ccccc1)NCc1cccs1. The summed E-state index contributed by atoms with van der Waals surface area (Å²) in [5.41, 5.74) is 1.60. The highest BCUT2D eigenvalue weighted by Crippen LogP contribution is 2.16. The van der Waals surface area contributed by atoms with Gasteiger partial charge in [-0.15, -0.1) is 11.3 Å². The monoisotopic (exact) mass is 259 g/mol. The van der Waals surface area contributed by atoms with Crippen LogP contribution in [0.4, 0.5) is 0 Å². The largest absolute Gasteiger partial charge is 0.307 e. The molecule has 2 aromatic rings. The van der Waals surface area contributed by atoms with Crippen LogP contribution in [0.1, 0.15) is 30.7 Å². The molecule has 0 saturated carbocycles. The van der Waals surface area contributed by atoms with Crippen molar-refractivity contribution in [2.45, 2.75) is 38.8 Å². The van der Waals surface area contributed by atoms with E-state index >= 15 is 0 Å². The molecule has 0 spiro atoms. The summed E-state index contributed by atoms with van der Waals surface area (Å²) in [6.45, 7) is 5.53. The molecule has 96 valence electrons. The summed E-state index contributed by atoms with van der Waals surface area (Å²) in [4.78, 5) is 1.41. The van der Waals surface area contributed by atoms with Crippen LogP contribution in [0.2, 0.25) is 0 Å². The molecule has 0 fully saturated rings. The highest BCUT2D eigenvalue weighted by atomic mass is 32.1. The molecule has 1 N–H and O–H groups in total. The van der Waals surface area contributed by atoms with Crippen molar-refractivity contribution >= 4 is 11.3 Å². The third kappa shape index (κ3) is 4.28. The second kappa shape index (κ2) is 6.17. The maximum Gasteiger partial charge on any atom is 0.0304 e. The zero-order chi connectivity index (χ0) is 12.8. The standard InChI is InChI=1S/C16H21NS/c1-16(2,17-13-15-9-6-12-18-15)11-10-14-7-4-3-5-8-14/h3-9,12,17H,10-11,13H2,1-2H3. The molecule has 0 unspecified atom stereocenters. The minimum atomic E-state index is 0.180. The molecule has 0 saturated heterocycles. The number of hydrogen-bond donors (Lipinski definition) is 1. The van der Waals surface area contributed by atoms with Gasteiger partial charge in [0, 0.05) is 17.0 Å². The Morgan fingerprint density at radius 2 is 1.83 bits per heavy atom. The van der Waals surface area contributed by atoms with E-state index in [1.54, 1.807) is 0 Å². The number of thiophene rings is 1. The summed E-state index contributed by atoms with van der Waals surface area (Å²) in [6, 6.07) is 15.0. The van der Waals surface area contributed by atoms with Crippen LogP contribution in [-0.2, 0) is 13.0 Å². The first kappa shape index (κ1) is 13.3. The van der Waals surface area contributed by atoms with E-state index < -0.39 is 0 Å². The fraction of sp³-hybridized carbons (Fsp3) is 0.375. The van der Waals surface area contributed by atoms with E-state index in [9.17, 15) is 0 Å². The van der Waals surface area contributed by atoms with Gasteiger partial charge in [0.1, 0.15) is 0 Å². The quantitative estimate of drug-likeness (QED) is 0.818. The Morgan fingerprint density at radius 3 is 2.50 bits per heavy atom. The Morgan fingerprint density at radius 1 is 1.06 bits per heavy atom. The van der Waals surface area contributed by atoms with E-state index in [2.05, 4.69) is 67.0 Å². The molecule has 0 amide bonds. The van der Waals surface area contributed by atoms with Gasteiger partial charge in [-0.2, -0.15) is 0 Å². The first-order valence-corrected chi connectivity index (χ1v) is 7.35. The Labute approximate surface area is 114 Å². The molecular formula is C16H21NS. The number of rotatable bonds is 6. The summed E-state index contributed by atoms with van der Waals surface area (Å²) in [5.74, 6) is 0. The van der Waals surface area contributed by atoms with Crippen LogP contribution in [-0.4, -0.2) is 5.54 Å². The van der Waals surface area contributed by atoms with Crippen LogP contribution < -0.4 is 5.32 Å². The molecule has 0 aliphatic carbocycles. The van der Waals surface area contributed by atoms with Crippen LogP contribution >= 0.6 is 11.3 Å². The second-order valence-corrected chi connectivity index (χ2v) is 6.33. The molecule has 1 aromatic carbocycles. The zero-order valence-electron chi connectivity index (χ0n) is 11.1. The third-order valence-corrected chi connectivity index (χ3v) is 4.08. The maximum absolute atomic E-state index is 3.64. The van der Waals surface area contributed by atoms with Gasteiger partial charge in [0.15, 0.2) is 0 Å². The fourth-order valence-corrected chi connectivity index (χ4v) is 2.57. The lowest BCUT2D eigenvalue weighted by molar-refractivity contribution is 0.362. The number of benzene rings is 1. The molecule has 0 bridgehead atoms. The van der Waals surface area contributed by atoms with Gasteiger partial charge in [-0.3, -0.25) is 0 Å². The lowest BCUT2D eigenvalue weighted by atomic mass is 9.95. The maximum atomic E-state index is 3.64. The number of hydrogen-bond acceptors (Lipinski definition) is 2. The van der Waals surface area contributed by atoms with Crippen LogP contribution in [0.15, 0.2) is 47.8 Å². The van der Waals surface area contributed by atoms with Crippen LogP contribution in [0.3, 0.4) is 0 Å². The van der Waals surface area contributed by atoms with Crippen molar-refractivity contribution in [3.63, 3.8) is 0 Å². The minimum Gasteiger partial charge on any atom is -0.307 e. The Balaban J connectivity index is 1.80. The molecule has 0 aliphatic rings. The summed E-state index contributed by atoms with van der Waals surface area (Å²) in [5, 5.41) is 5.77. The lowest BCUT2D eigenvalue weighted by Gasteiger charge is -2.26. The van der Waals surface area contributed by atoms with Crippen molar-refractivity contribution in [1.82, 2.24) is 5.32 Å². The smallest absolute Gasteiger partial charge is 0.0304 e. The van der Waals surface area contributed by atoms with Gasteiger partial charge in [-0.1, -0.05) is 36.4 Å². The molecule has 0 aliphatic heterocycles. The second-order valence-electron chi connectivity index (χ2n) is 5.30. The third-order valence-electron chi connectivity index (χ3n) is 3.20. The fourth-order valence-electron chi connectivity index (χ4n) is 1.93. The van der Waals surface area contributed by atoms with Crippen molar-refractivity contribution < 1.29 is 0 Å². The van der Waals surface area contributed by atoms with E-state index in [-0.39, 0.29) is 5.54 Å². The highest BCUT2D eigenvalue weighted by Gasteiger charge is 2.16. The van der Waals surface area contributed by atoms with Gasteiger partial charge in [0.2, 0.25) is 0 Å². The summed E-state index contributed by atoms with van der Waals surface area (Å²) >= 11 is 1.82. The van der Waals surface area contributed by atoms with Gasteiger partial charge in [-0.25, -0.2) is 0 Å². The topological polar surface area (TPSA) is 12.0 Å². The molecule has 2 rings (SSSR count). The molecule has 0 atom stereocenters. The van der Waals surface area contributed by atoms with E-state index in [1.807, 2.05) is 11.3 Å². The Bertz CT molecular complexity index is 445. The van der Waals surface area contributed by atoms with E-state index in [4.69, 9.17) is 0 Å². The van der Waals surface area contributed by atoms with Crippen molar-refractivity contribution in [2.75, 3.05) is 0 Å².